The third-order valence-electron chi connectivity index (χ3n) is 4.89. The second-order valence-electron chi connectivity index (χ2n) is 8.97. The number of fused-ring (bicyclic) bond motifs is 1. The van der Waals surface area contributed by atoms with Gasteiger partial charge in [0.25, 0.3) is 0 Å². The lowest BCUT2D eigenvalue weighted by atomic mass is 9.88. The molecule has 0 fully saturated rings. The summed E-state index contributed by atoms with van der Waals surface area (Å²) in [5, 5.41) is 2.59. The van der Waals surface area contributed by atoms with Gasteiger partial charge in [-0.15, -0.1) is 0 Å². The zero-order valence-electron chi connectivity index (χ0n) is 18.8. The van der Waals surface area contributed by atoms with Crippen molar-refractivity contribution in [3.05, 3.63) is 65.5 Å². The Morgan fingerprint density at radius 3 is 2.60 bits per heavy atom. The summed E-state index contributed by atoms with van der Waals surface area (Å²) < 4.78 is 14.0. The van der Waals surface area contributed by atoms with Crippen LogP contribution < -0.4 is 5.32 Å². The first-order chi connectivity index (χ1) is 14.1. The number of aliphatic imine (C=N–C) groups is 1. The largest absolute Gasteiger partial charge is 0.355 e. The SMILES string of the molecule is C=C(CNC=O)CC(C)(C)C.CCC1=Nc2cc(-c3c(C)cccc3F)ccc2C1. The van der Waals surface area contributed by atoms with Crippen molar-refractivity contribution in [2.45, 2.75) is 53.9 Å². The van der Waals surface area contributed by atoms with Gasteiger partial charge >= 0.3 is 0 Å². The highest BCUT2D eigenvalue weighted by atomic mass is 19.1. The number of rotatable bonds is 6. The van der Waals surface area contributed by atoms with Gasteiger partial charge in [0.1, 0.15) is 5.82 Å². The molecule has 2 aromatic carbocycles. The fraction of sp³-hybridized carbons (Fsp3) is 0.385. The molecular formula is C26H33FN2O. The zero-order valence-corrected chi connectivity index (χ0v) is 18.8. The van der Waals surface area contributed by atoms with Gasteiger partial charge in [0.15, 0.2) is 0 Å². The molecule has 1 aliphatic heterocycles. The summed E-state index contributed by atoms with van der Waals surface area (Å²) in [6, 6.07) is 11.3. The average Bonchev–Trinajstić information content (AvgIpc) is 3.08. The molecule has 0 aliphatic carbocycles. The van der Waals surface area contributed by atoms with E-state index in [0.29, 0.717) is 18.5 Å². The highest BCUT2D eigenvalue weighted by Gasteiger charge is 2.16. The summed E-state index contributed by atoms with van der Waals surface area (Å²) in [6.07, 6.45) is 3.56. The van der Waals surface area contributed by atoms with Crippen LogP contribution in [0, 0.1) is 18.2 Å². The van der Waals surface area contributed by atoms with Crippen LogP contribution in [0.15, 0.2) is 53.5 Å². The number of benzene rings is 2. The molecule has 0 aromatic heterocycles. The molecule has 1 N–H and O–H groups in total. The van der Waals surface area contributed by atoms with Crippen LogP contribution in [0.1, 0.15) is 51.7 Å². The van der Waals surface area contributed by atoms with E-state index in [1.165, 1.54) is 17.3 Å². The molecule has 0 saturated carbocycles. The minimum atomic E-state index is -0.169. The Bertz CT molecular complexity index is 918. The number of halogens is 1. The van der Waals surface area contributed by atoms with E-state index >= 15 is 0 Å². The Hall–Kier alpha value is -2.75. The summed E-state index contributed by atoms with van der Waals surface area (Å²) in [7, 11) is 0. The molecular weight excluding hydrogens is 375 g/mol. The van der Waals surface area contributed by atoms with E-state index in [9.17, 15) is 9.18 Å². The third kappa shape index (κ3) is 6.65. The van der Waals surface area contributed by atoms with Crippen molar-refractivity contribution in [3.8, 4) is 11.1 Å². The molecule has 30 heavy (non-hydrogen) atoms. The van der Waals surface area contributed by atoms with E-state index in [1.54, 1.807) is 6.07 Å². The van der Waals surface area contributed by atoms with Crippen molar-refractivity contribution in [2.75, 3.05) is 6.54 Å². The number of amides is 1. The van der Waals surface area contributed by atoms with Gasteiger partial charge in [0, 0.05) is 24.2 Å². The van der Waals surface area contributed by atoms with Crippen molar-refractivity contribution < 1.29 is 9.18 Å². The molecule has 160 valence electrons. The molecule has 0 radical (unpaired) electrons. The highest BCUT2D eigenvalue weighted by Crippen LogP contribution is 2.34. The van der Waals surface area contributed by atoms with Gasteiger partial charge in [0.2, 0.25) is 6.41 Å². The predicted octanol–water partition coefficient (Wildman–Crippen LogP) is 6.56. The number of aryl methyl sites for hydroxylation is 1. The number of carbonyl (C=O) groups is 1. The van der Waals surface area contributed by atoms with Crippen molar-refractivity contribution in [2.24, 2.45) is 10.4 Å². The van der Waals surface area contributed by atoms with Crippen molar-refractivity contribution >= 4 is 17.8 Å². The van der Waals surface area contributed by atoms with Crippen LogP contribution in [0.2, 0.25) is 0 Å². The second kappa shape index (κ2) is 10.3. The highest BCUT2D eigenvalue weighted by molar-refractivity contribution is 5.94. The first-order valence-corrected chi connectivity index (χ1v) is 10.4. The Labute approximate surface area is 180 Å². The molecule has 0 bridgehead atoms. The van der Waals surface area contributed by atoms with Gasteiger partial charge in [0.05, 0.1) is 5.69 Å². The van der Waals surface area contributed by atoms with Crippen LogP contribution in [0.5, 0.6) is 0 Å². The molecule has 1 aliphatic rings. The second-order valence-corrected chi connectivity index (χ2v) is 8.97. The standard InChI is InChI=1S/C17H16FN.C9H17NO/c1-3-14-9-12-7-8-13(10-16(12)19-14)17-11(2)5-4-6-15(17)18;1-8(6-10-7-11)5-9(2,3)4/h4-8,10H,3,9H2,1-2H3;7H,1,5-6H2,2-4H3,(H,10,11). The van der Waals surface area contributed by atoms with Crippen LogP contribution in [0.4, 0.5) is 10.1 Å². The molecule has 0 spiro atoms. The molecule has 1 heterocycles. The summed E-state index contributed by atoms with van der Waals surface area (Å²) >= 11 is 0. The van der Waals surface area contributed by atoms with Crippen LogP contribution in [0.25, 0.3) is 11.1 Å². The number of hydrogen-bond donors (Lipinski definition) is 1. The topological polar surface area (TPSA) is 41.5 Å². The third-order valence-corrected chi connectivity index (χ3v) is 4.89. The molecule has 3 nitrogen and oxygen atoms in total. The fourth-order valence-corrected chi connectivity index (χ4v) is 3.60. The van der Waals surface area contributed by atoms with Crippen LogP contribution >= 0.6 is 0 Å². The van der Waals surface area contributed by atoms with Crippen molar-refractivity contribution in [3.63, 3.8) is 0 Å². The van der Waals surface area contributed by atoms with Crippen LogP contribution in [0.3, 0.4) is 0 Å². The van der Waals surface area contributed by atoms with Gasteiger partial charge in [-0.05, 0) is 54.0 Å². The molecule has 4 heteroatoms. The molecule has 0 atom stereocenters. The smallest absolute Gasteiger partial charge is 0.207 e. The average molecular weight is 409 g/mol. The first-order valence-electron chi connectivity index (χ1n) is 10.4. The van der Waals surface area contributed by atoms with Crippen molar-refractivity contribution in [1.29, 1.82) is 0 Å². The van der Waals surface area contributed by atoms with Crippen LogP contribution in [-0.2, 0) is 11.2 Å². The first kappa shape index (κ1) is 23.5. The minimum absolute atomic E-state index is 0.169. The van der Waals surface area contributed by atoms with Crippen LogP contribution in [-0.4, -0.2) is 18.7 Å². The Morgan fingerprint density at radius 2 is 2.00 bits per heavy atom. The normalized spacial score (nSPS) is 12.4. The minimum Gasteiger partial charge on any atom is -0.355 e. The molecule has 3 rings (SSSR count). The lowest BCUT2D eigenvalue weighted by Gasteiger charge is -2.19. The van der Waals surface area contributed by atoms with Gasteiger partial charge in [-0.25, -0.2) is 4.39 Å². The quantitative estimate of drug-likeness (QED) is 0.426. The number of hydrogen-bond acceptors (Lipinski definition) is 2. The maximum atomic E-state index is 14.0. The Kier molecular flexibility index (Phi) is 8.10. The zero-order chi connectivity index (χ0) is 22.3. The van der Waals surface area contributed by atoms with Crippen molar-refractivity contribution in [1.82, 2.24) is 5.32 Å². The Morgan fingerprint density at radius 1 is 1.27 bits per heavy atom. The van der Waals surface area contributed by atoms with E-state index in [2.05, 4.69) is 50.6 Å². The summed E-state index contributed by atoms with van der Waals surface area (Å²) in [6.45, 7) is 15.0. The van der Waals surface area contributed by atoms with Gasteiger partial charge in [-0.1, -0.05) is 64.1 Å². The van der Waals surface area contributed by atoms with E-state index in [0.717, 1.165) is 41.6 Å². The predicted molar refractivity (Wildman–Crippen MR) is 125 cm³/mol. The lowest BCUT2D eigenvalue weighted by Crippen LogP contribution is -2.17. The number of carbonyl (C=O) groups excluding carboxylic acids is 1. The van der Waals surface area contributed by atoms with E-state index in [4.69, 9.17) is 0 Å². The molecule has 2 aromatic rings. The number of nitrogens with one attached hydrogen (secondary N) is 1. The monoisotopic (exact) mass is 408 g/mol. The van der Waals surface area contributed by atoms with Gasteiger partial charge < -0.3 is 5.32 Å². The summed E-state index contributed by atoms with van der Waals surface area (Å²) in [5.41, 5.74) is 7.34. The van der Waals surface area contributed by atoms with E-state index in [-0.39, 0.29) is 11.2 Å². The molecule has 0 saturated heterocycles. The number of nitrogens with zero attached hydrogens (tertiary/aromatic N) is 1. The maximum absolute atomic E-state index is 14.0. The molecule has 1 amide bonds. The van der Waals surface area contributed by atoms with Gasteiger partial charge in [-0.2, -0.15) is 0 Å². The van der Waals surface area contributed by atoms with E-state index < -0.39 is 0 Å². The Balaban J connectivity index is 0.000000252. The van der Waals surface area contributed by atoms with E-state index in [1.807, 2.05) is 25.1 Å². The van der Waals surface area contributed by atoms with Gasteiger partial charge in [-0.3, -0.25) is 9.79 Å². The summed E-state index contributed by atoms with van der Waals surface area (Å²) in [5.74, 6) is -0.169. The lowest BCUT2D eigenvalue weighted by molar-refractivity contribution is -0.109. The molecule has 0 unspecified atom stereocenters. The maximum Gasteiger partial charge on any atom is 0.207 e. The fourth-order valence-electron chi connectivity index (χ4n) is 3.60. The summed E-state index contributed by atoms with van der Waals surface area (Å²) in [4.78, 5) is 14.5.